The summed E-state index contributed by atoms with van der Waals surface area (Å²) in [7, 11) is 0. The van der Waals surface area contributed by atoms with Gasteiger partial charge in [0.15, 0.2) is 5.16 Å². The van der Waals surface area contributed by atoms with E-state index in [1.807, 2.05) is 6.92 Å². The van der Waals surface area contributed by atoms with E-state index >= 15 is 0 Å². The molecule has 1 aromatic heterocycles. The zero-order valence-corrected chi connectivity index (χ0v) is 17.6. The van der Waals surface area contributed by atoms with Gasteiger partial charge in [0.1, 0.15) is 5.75 Å². The SMILES string of the molecule is Cc1nc(SCC(=O)NCc2ccc(OC(F)F)cc2)n(C2CCCCC2)c1C. The highest BCUT2D eigenvalue weighted by Gasteiger charge is 2.22. The Hall–Kier alpha value is -2.09. The third kappa shape index (κ3) is 5.95. The first-order valence-corrected chi connectivity index (χ1v) is 10.9. The summed E-state index contributed by atoms with van der Waals surface area (Å²) in [6.07, 6.45) is 6.12. The highest BCUT2D eigenvalue weighted by Crippen LogP contribution is 2.34. The highest BCUT2D eigenvalue weighted by molar-refractivity contribution is 7.99. The number of halogens is 2. The molecule has 0 spiro atoms. The number of amides is 1. The molecule has 0 bridgehead atoms. The van der Waals surface area contributed by atoms with Gasteiger partial charge in [0.25, 0.3) is 0 Å². The molecule has 29 heavy (non-hydrogen) atoms. The summed E-state index contributed by atoms with van der Waals surface area (Å²) in [5, 5.41) is 3.78. The second-order valence-electron chi connectivity index (χ2n) is 7.31. The van der Waals surface area contributed by atoms with Crippen LogP contribution in [-0.4, -0.2) is 27.8 Å². The van der Waals surface area contributed by atoms with Crippen LogP contribution in [0.1, 0.15) is 55.1 Å². The summed E-state index contributed by atoms with van der Waals surface area (Å²) in [5.41, 5.74) is 3.02. The van der Waals surface area contributed by atoms with Crippen molar-refractivity contribution in [2.24, 2.45) is 0 Å². The first kappa shape index (κ1) is 21.6. The van der Waals surface area contributed by atoms with Crippen molar-refractivity contribution in [3.05, 3.63) is 41.2 Å². The number of carbonyl (C=O) groups is 1. The molecule has 0 unspecified atom stereocenters. The Bertz CT molecular complexity index is 818. The van der Waals surface area contributed by atoms with Gasteiger partial charge in [-0.2, -0.15) is 8.78 Å². The number of ether oxygens (including phenoxy) is 1. The number of nitrogens with zero attached hydrogens (tertiary/aromatic N) is 2. The molecule has 0 atom stereocenters. The fourth-order valence-electron chi connectivity index (χ4n) is 3.64. The van der Waals surface area contributed by atoms with Gasteiger partial charge in [0.05, 0.1) is 11.4 Å². The van der Waals surface area contributed by atoms with E-state index in [-0.39, 0.29) is 17.4 Å². The summed E-state index contributed by atoms with van der Waals surface area (Å²) in [6, 6.07) is 6.73. The number of benzene rings is 1. The number of aromatic nitrogens is 2. The van der Waals surface area contributed by atoms with E-state index in [2.05, 4.69) is 26.5 Å². The predicted molar refractivity (Wildman–Crippen MR) is 109 cm³/mol. The normalized spacial score (nSPS) is 14.9. The van der Waals surface area contributed by atoms with E-state index in [4.69, 9.17) is 0 Å². The maximum absolute atomic E-state index is 12.3. The zero-order chi connectivity index (χ0) is 20.8. The van der Waals surface area contributed by atoms with Crippen molar-refractivity contribution in [2.45, 2.75) is 70.3 Å². The Kier molecular flexibility index (Phi) is 7.52. The first-order valence-electron chi connectivity index (χ1n) is 9.92. The van der Waals surface area contributed by atoms with Crippen molar-refractivity contribution in [3.8, 4) is 5.75 Å². The van der Waals surface area contributed by atoms with Crippen LogP contribution in [0.4, 0.5) is 8.78 Å². The Morgan fingerprint density at radius 3 is 2.59 bits per heavy atom. The van der Waals surface area contributed by atoms with Crippen molar-refractivity contribution in [1.29, 1.82) is 0 Å². The van der Waals surface area contributed by atoms with Crippen molar-refractivity contribution >= 4 is 17.7 Å². The molecule has 1 heterocycles. The Morgan fingerprint density at radius 2 is 1.93 bits per heavy atom. The molecule has 0 saturated heterocycles. The van der Waals surface area contributed by atoms with E-state index in [0.29, 0.717) is 12.6 Å². The molecule has 1 N–H and O–H groups in total. The standard InChI is InChI=1S/C21H27F2N3O2S/c1-14-15(2)26(17-6-4-3-5-7-17)21(25-14)29-13-19(27)24-12-16-8-10-18(11-9-16)28-20(22)23/h8-11,17,20H,3-7,12-13H2,1-2H3,(H,24,27). The van der Waals surface area contributed by atoms with Crippen LogP contribution in [0.5, 0.6) is 5.75 Å². The third-order valence-corrected chi connectivity index (χ3v) is 6.22. The Morgan fingerprint density at radius 1 is 1.24 bits per heavy atom. The first-order chi connectivity index (χ1) is 13.9. The van der Waals surface area contributed by atoms with Crippen molar-refractivity contribution in [1.82, 2.24) is 14.9 Å². The smallest absolute Gasteiger partial charge is 0.387 e. The number of hydrogen-bond donors (Lipinski definition) is 1. The molecule has 1 saturated carbocycles. The van der Waals surface area contributed by atoms with Crippen LogP contribution in [0, 0.1) is 13.8 Å². The number of nitrogens with one attached hydrogen (secondary N) is 1. The molecular weight excluding hydrogens is 396 g/mol. The van der Waals surface area contributed by atoms with E-state index in [1.54, 1.807) is 12.1 Å². The predicted octanol–water partition coefficient (Wildman–Crippen LogP) is 5.02. The minimum absolute atomic E-state index is 0.0867. The van der Waals surface area contributed by atoms with Gasteiger partial charge in [-0.15, -0.1) is 0 Å². The van der Waals surface area contributed by atoms with E-state index < -0.39 is 6.61 Å². The molecule has 3 rings (SSSR count). The van der Waals surface area contributed by atoms with Crippen molar-refractivity contribution in [2.75, 3.05) is 5.75 Å². The largest absolute Gasteiger partial charge is 0.435 e. The van der Waals surface area contributed by atoms with Crippen LogP contribution in [0.3, 0.4) is 0 Å². The summed E-state index contributed by atoms with van der Waals surface area (Å²) in [5.74, 6) is 0.303. The van der Waals surface area contributed by atoms with Gasteiger partial charge in [0.2, 0.25) is 5.91 Å². The second-order valence-corrected chi connectivity index (χ2v) is 8.26. The molecule has 1 aliphatic rings. The maximum atomic E-state index is 12.3. The van der Waals surface area contributed by atoms with Gasteiger partial charge in [-0.25, -0.2) is 4.98 Å². The third-order valence-electron chi connectivity index (χ3n) is 5.26. The zero-order valence-electron chi connectivity index (χ0n) is 16.8. The van der Waals surface area contributed by atoms with Gasteiger partial charge < -0.3 is 14.6 Å². The molecule has 1 aliphatic carbocycles. The molecule has 5 nitrogen and oxygen atoms in total. The van der Waals surface area contributed by atoms with E-state index in [1.165, 1.54) is 61.7 Å². The molecule has 1 amide bonds. The topological polar surface area (TPSA) is 56.1 Å². The second kappa shape index (κ2) is 10.1. The van der Waals surface area contributed by atoms with E-state index in [9.17, 15) is 13.6 Å². The molecule has 158 valence electrons. The quantitative estimate of drug-likeness (QED) is 0.606. The van der Waals surface area contributed by atoms with Crippen LogP contribution in [-0.2, 0) is 11.3 Å². The summed E-state index contributed by atoms with van der Waals surface area (Å²) in [6.45, 7) is 1.61. The number of carbonyl (C=O) groups excluding carboxylic acids is 1. The van der Waals surface area contributed by atoms with Gasteiger partial charge in [-0.1, -0.05) is 43.2 Å². The number of alkyl halides is 2. The molecule has 1 aromatic carbocycles. The van der Waals surface area contributed by atoms with E-state index in [0.717, 1.165) is 16.4 Å². The lowest BCUT2D eigenvalue weighted by atomic mass is 9.95. The molecule has 1 fully saturated rings. The number of rotatable bonds is 8. The minimum atomic E-state index is -2.84. The van der Waals surface area contributed by atoms with Gasteiger partial charge in [-0.05, 0) is 44.4 Å². The molecule has 0 aliphatic heterocycles. The van der Waals surface area contributed by atoms with Gasteiger partial charge in [0, 0.05) is 18.3 Å². The summed E-state index contributed by atoms with van der Waals surface area (Å²) < 4.78 is 31.0. The van der Waals surface area contributed by atoms with Crippen LogP contribution in [0.25, 0.3) is 0 Å². The van der Waals surface area contributed by atoms with Crippen LogP contribution < -0.4 is 10.1 Å². The fourth-order valence-corrected chi connectivity index (χ4v) is 4.63. The van der Waals surface area contributed by atoms with Gasteiger partial charge >= 0.3 is 6.61 Å². The average Bonchev–Trinajstić information content (AvgIpc) is 3.00. The molecule has 8 heteroatoms. The number of hydrogen-bond acceptors (Lipinski definition) is 4. The lowest BCUT2D eigenvalue weighted by Gasteiger charge is -2.26. The highest BCUT2D eigenvalue weighted by atomic mass is 32.2. The number of imidazole rings is 1. The maximum Gasteiger partial charge on any atom is 0.387 e. The molecular formula is C21H27F2N3O2S. The number of thioether (sulfide) groups is 1. The van der Waals surface area contributed by atoms with Gasteiger partial charge in [-0.3, -0.25) is 4.79 Å². The van der Waals surface area contributed by atoms with Crippen molar-refractivity contribution in [3.63, 3.8) is 0 Å². The summed E-state index contributed by atoms with van der Waals surface area (Å²) in [4.78, 5) is 17.0. The Labute approximate surface area is 174 Å². The van der Waals surface area contributed by atoms with Crippen LogP contribution in [0.2, 0.25) is 0 Å². The average molecular weight is 424 g/mol. The molecule has 0 radical (unpaired) electrons. The fraction of sp³-hybridized carbons (Fsp3) is 0.524. The lowest BCUT2D eigenvalue weighted by molar-refractivity contribution is -0.118. The number of aryl methyl sites for hydroxylation is 1. The van der Waals surface area contributed by atoms with Crippen LogP contribution >= 0.6 is 11.8 Å². The monoisotopic (exact) mass is 423 g/mol. The minimum Gasteiger partial charge on any atom is -0.435 e. The van der Waals surface area contributed by atoms with Crippen molar-refractivity contribution < 1.29 is 18.3 Å². The summed E-state index contributed by atoms with van der Waals surface area (Å²) >= 11 is 1.46. The van der Waals surface area contributed by atoms with Crippen LogP contribution in [0.15, 0.2) is 29.4 Å². The Balaban J connectivity index is 1.52. The lowest BCUT2D eigenvalue weighted by Crippen LogP contribution is -2.25. The molecule has 2 aromatic rings.